The van der Waals surface area contributed by atoms with Crippen molar-refractivity contribution in [1.29, 1.82) is 0 Å². The van der Waals surface area contributed by atoms with Crippen molar-refractivity contribution in [2.75, 3.05) is 29.9 Å². The molecule has 1 aromatic carbocycles. The van der Waals surface area contributed by atoms with Crippen molar-refractivity contribution in [3.63, 3.8) is 0 Å². The number of nitrogens with one attached hydrogen (secondary N) is 1. The SMILES string of the molecule is Cc1nc(NCCc2ccccc2F)cc(N2CCCC(C)C2)n1. The van der Waals surface area contributed by atoms with Gasteiger partial charge >= 0.3 is 0 Å². The first-order valence-electron chi connectivity index (χ1n) is 8.70. The van der Waals surface area contributed by atoms with E-state index in [9.17, 15) is 4.39 Å². The fourth-order valence-corrected chi connectivity index (χ4v) is 3.23. The lowest BCUT2D eigenvalue weighted by Gasteiger charge is -2.32. The van der Waals surface area contributed by atoms with Gasteiger partial charge in [0.15, 0.2) is 0 Å². The van der Waals surface area contributed by atoms with Crippen molar-refractivity contribution in [3.05, 3.63) is 47.5 Å². The van der Waals surface area contributed by atoms with Crippen LogP contribution in [0.5, 0.6) is 0 Å². The molecule has 1 atom stereocenters. The van der Waals surface area contributed by atoms with Gasteiger partial charge in [-0.25, -0.2) is 14.4 Å². The van der Waals surface area contributed by atoms with E-state index in [1.54, 1.807) is 6.07 Å². The van der Waals surface area contributed by atoms with E-state index < -0.39 is 0 Å². The molecule has 0 aliphatic carbocycles. The summed E-state index contributed by atoms with van der Waals surface area (Å²) in [5.41, 5.74) is 0.723. The van der Waals surface area contributed by atoms with Crippen LogP contribution in [0.1, 0.15) is 31.2 Å². The van der Waals surface area contributed by atoms with E-state index in [4.69, 9.17) is 0 Å². The first-order valence-corrected chi connectivity index (χ1v) is 8.70. The molecule has 1 aromatic heterocycles. The van der Waals surface area contributed by atoms with Crippen molar-refractivity contribution in [3.8, 4) is 0 Å². The molecule has 0 amide bonds. The van der Waals surface area contributed by atoms with Gasteiger partial charge in [0.25, 0.3) is 0 Å². The Kier molecular flexibility index (Phi) is 5.28. The number of aryl methyl sites for hydroxylation is 1. The molecule has 4 nitrogen and oxygen atoms in total. The van der Waals surface area contributed by atoms with Crippen molar-refractivity contribution in [2.45, 2.75) is 33.1 Å². The lowest BCUT2D eigenvalue weighted by molar-refractivity contribution is 0.444. The van der Waals surface area contributed by atoms with Gasteiger partial charge in [-0.1, -0.05) is 25.1 Å². The van der Waals surface area contributed by atoms with E-state index in [2.05, 4.69) is 27.1 Å². The molecule has 0 bridgehead atoms. The zero-order valence-electron chi connectivity index (χ0n) is 14.4. The number of aromatic nitrogens is 2. The Labute approximate surface area is 143 Å². The minimum Gasteiger partial charge on any atom is -0.370 e. The van der Waals surface area contributed by atoms with Crippen LogP contribution in [0.15, 0.2) is 30.3 Å². The minimum absolute atomic E-state index is 0.152. The maximum Gasteiger partial charge on any atom is 0.134 e. The van der Waals surface area contributed by atoms with Crippen LogP contribution < -0.4 is 10.2 Å². The van der Waals surface area contributed by atoms with Crippen LogP contribution in [0.25, 0.3) is 0 Å². The lowest BCUT2D eigenvalue weighted by atomic mass is 10.0. The standard InChI is InChI=1S/C19H25FN4/c1-14-6-5-11-24(13-14)19-12-18(22-15(2)23-19)21-10-9-16-7-3-4-8-17(16)20/h3-4,7-8,12,14H,5-6,9-11,13H2,1-2H3,(H,21,22,23). The second-order valence-electron chi connectivity index (χ2n) is 6.62. The molecule has 2 heterocycles. The normalized spacial score (nSPS) is 17.8. The van der Waals surface area contributed by atoms with E-state index in [0.29, 0.717) is 18.9 Å². The topological polar surface area (TPSA) is 41.1 Å². The zero-order chi connectivity index (χ0) is 16.9. The highest BCUT2D eigenvalue weighted by Crippen LogP contribution is 2.23. The highest BCUT2D eigenvalue weighted by Gasteiger charge is 2.18. The smallest absolute Gasteiger partial charge is 0.134 e. The molecule has 0 spiro atoms. The molecule has 1 fully saturated rings. The molecule has 24 heavy (non-hydrogen) atoms. The quantitative estimate of drug-likeness (QED) is 0.906. The van der Waals surface area contributed by atoms with Crippen molar-refractivity contribution in [2.24, 2.45) is 5.92 Å². The Balaban J connectivity index is 1.64. The fourth-order valence-electron chi connectivity index (χ4n) is 3.23. The molecule has 5 heteroatoms. The van der Waals surface area contributed by atoms with E-state index in [1.165, 1.54) is 18.9 Å². The second-order valence-corrected chi connectivity index (χ2v) is 6.62. The molecule has 0 radical (unpaired) electrons. The van der Waals surface area contributed by atoms with Gasteiger partial charge in [0, 0.05) is 25.7 Å². The number of benzene rings is 1. The van der Waals surface area contributed by atoms with Crippen LogP contribution in [0, 0.1) is 18.7 Å². The summed E-state index contributed by atoms with van der Waals surface area (Å²) in [5, 5.41) is 3.31. The molecule has 1 N–H and O–H groups in total. The Morgan fingerprint density at radius 3 is 2.92 bits per heavy atom. The van der Waals surface area contributed by atoms with Crippen LogP contribution in [-0.4, -0.2) is 29.6 Å². The third-order valence-electron chi connectivity index (χ3n) is 4.46. The highest BCUT2D eigenvalue weighted by molar-refractivity contribution is 5.49. The van der Waals surface area contributed by atoms with Crippen LogP contribution in [0.3, 0.4) is 0 Å². The van der Waals surface area contributed by atoms with Crippen LogP contribution in [-0.2, 0) is 6.42 Å². The predicted molar refractivity (Wildman–Crippen MR) is 96.0 cm³/mol. The first kappa shape index (κ1) is 16.7. The van der Waals surface area contributed by atoms with Gasteiger partial charge in [0.1, 0.15) is 23.3 Å². The number of rotatable bonds is 5. The van der Waals surface area contributed by atoms with Gasteiger partial charge in [-0.15, -0.1) is 0 Å². The van der Waals surface area contributed by atoms with Gasteiger partial charge in [0.05, 0.1) is 0 Å². The molecular weight excluding hydrogens is 303 g/mol. The van der Waals surface area contributed by atoms with Crippen molar-refractivity contribution < 1.29 is 4.39 Å². The molecular formula is C19H25FN4. The maximum absolute atomic E-state index is 13.7. The predicted octanol–water partition coefficient (Wildman–Crippen LogP) is 3.82. The summed E-state index contributed by atoms with van der Waals surface area (Å²) in [6.07, 6.45) is 3.13. The summed E-state index contributed by atoms with van der Waals surface area (Å²) in [6, 6.07) is 8.91. The van der Waals surface area contributed by atoms with Gasteiger partial charge < -0.3 is 10.2 Å². The molecule has 2 aromatic rings. The van der Waals surface area contributed by atoms with E-state index in [1.807, 2.05) is 25.1 Å². The van der Waals surface area contributed by atoms with Crippen molar-refractivity contribution >= 4 is 11.6 Å². The highest BCUT2D eigenvalue weighted by atomic mass is 19.1. The monoisotopic (exact) mass is 328 g/mol. The number of hydrogen-bond acceptors (Lipinski definition) is 4. The number of halogens is 1. The molecule has 1 unspecified atom stereocenters. The average Bonchev–Trinajstić information content (AvgIpc) is 2.56. The lowest BCUT2D eigenvalue weighted by Crippen LogP contribution is -2.35. The minimum atomic E-state index is -0.152. The molecule has 1 saturated heterocycles. The zero-order valence-corrected chi connectivity index (χ0v) is 14.4. The molecule has 3 rings (SSSR count). The van der Waals surface area contributed by atoms with E-state index in [0.717, 1.165) is 36.1 Å². The molecule has 0 saturated carbocycles. The number of hydrogen-bond donors (Lipinski definition) is 1. The summed E-state index contributed by atoms with van der Waals surface area (Å²) < 4.78 is 13.7. The molecule has 128 valence electrons. The molecule has 1 aliphatic rings. The second kappa shape index (κ2) is 7.60. The molecule has 1 aliphatic heterocycles. The third-order valence-corrected chi connectivity index (χ3v) is 4.46. The Hall–Kier alpha value is -2.17. The summed E-state index contributed by atoms with van der Waals surface area (Å²) in [5.74, 6) is 3.11. The van der Waals surface area contributed by atoms with Gasteiger partial charge in [0.2, 0.25) is 0 Å². The summed E-state index contributed by atoms with van der Waals surface area (Å²) in [6.45, 7) is 6.94. The Bertz CT molecular complexity index is 689. The largest absolute Gasteiger partial charge is 0.370 e. The van der Waals surface area contributed by atoms with E-state index >= 15 is 0 Å². The number of anilines is 2. The third kappa shape index (κ3) is 4.22. The Morgan fingerprint density at radius 2 is 2.12 bits per heavy atom. The summed E-state index contributed by atoms with van der Waals surface area (Å²) in [4.78, 5) is 11.4. The number of nitrogens with zero attached hydrogens (tertiary/aromatic N) is 3. The Morgan fingerprint density at radius 1 is 1.29 bits per heavy atom. The van der Waals surface area contributed by atoms with Crippen LogP contribution in [0.4, 0.5) is 16.0 Å². The van der Waals surface area contributed by atoms with Gasteiger partial charge in [-0.05, 0) is 43.7 Å². The van der Waals surface area contributed by atoms with Crippen LogP contribution >= 0.6 is 0 Å². The number of piperidine rings is 1. The van der Waals surface area contributed by atoms with Gasteiger partial charge in [-0.2, -0.15) is 0 Å². The fraction of sp³-hybridized carbons (Fsp3) is 0.474. The van der Waals surface area contributed by atoms with Gasteiger partial charge in [-0.3, -0.25) is 0 Å². The van der Waals surface area contributed by atoms with Crippen LogP contribution in [0.2, 0.25) is 0 Å². The first-order chi connectivity index (χ1) is 11.6. The summed E-state index contributed by atoms with van der Waals surface area (Å²) >= 11 is 0. The van der Waals surface area contributed by atoms with Crippen molar-refractivity contribution in [1.82, 2.24) is 9.97 Å². The average molecular weight is 328 g/mol. The maximum atomic E-state index is 13.7. The summed E-state index contributed by atoms with van der Waals surface area (Å²) in [7, 11) is 0. The van der Waals surface area contributed by atoms with E-state index in [-0.39, 0.29) is 5.82 Å².